The lowest BCUT2D eigenvalue weighted by molar-refractivity contribution is 0.557. The predicted molar refractivity (Wildman–Crippen MR) is 116 cm³/mol. The van der Waals surface area contributed by atoms with Gasteiger partial charge < -0.3 is 4.42 Å². The van der Waals surface area contributed by atoms with Gasteiger partial charge in [-0.15, -0.1) is 0 Å². The molecule has 0 saturated heterocycles. The summed E-state index contributed by atoms with van der Waals surface area (Å²) in [5.41, 5.74) is 6.94. The molecule has 27 heavy (non-hydrogen) atoms. The quantitative estimate of drug-likeness (QED) is 0.370. The molecule has 2 heteroatoms. The molecule has 1 aromatic carbocycles. The third kappa shape index (κ3) is 6.71. The van der Waals surface area contributed by atoms with E-state index in [4.69, 9.17) is 4.42 Å². The molecule has 0 N–H and O–H groups in total. The molecular weight excluding hydrogens is 332 g/mol. The molecule has 1 aromatic heterocycles. The van der Waals surface area contributed by atoms with Crippen LogP contribution in [0.4, 0.5) is 0 Å². The highest BCUT2D eigenvalue weighted by atomic mass is 16.4. The first kappa shape index (κ1) is 21.0. The molecule has 0 saturated carbocycles. The smallest absolute Gasteiger partial charge is 0.336 e. The van der Waals surface area contributed by atoms with Crippen molar-refractivity contribution in [2.24, 2.45) is 0 Å². The minimum absolute atomic E-state index is 0.288. The van der Waals surface area contributed by atoms with Crippen LogP contribution in [0.2, 0.25) is 0 Å². The van der Waals surface area contributed by atoms with Crippen molar-refractivity contribution in [1.29, 1.82) is 0 Å². The molecule has 0 aliphatic rings. The Balaban J connectivity index is 1.99. The van der Waals surface area contributed by atoms with Gasteiger partial charge in [-0.3, -0.25) is 0 Å². The van der Waals surface area contributed by atoms with E-state index in [1.807, 2.05) is 12.1 Å². The summed E-state index contributed by atoms with van der Waals surface area (Å²) in [6, 6.07) is 7.42. The molecule has 0 radical (unpaired) electrons. The molecule has 0 unspecified atom stereocenters. The van der Waals surface area contributed by atoms with Crippen molar-refractivity contribution in [1.82, 2.24) is 0 Å². The maximum absolute atomic E-state index is 11.6. The van der Waals surface area contributed by atoms with Gasteiger partial charge in [-0.25, -0.2) is 4.79 Å². The number of hydrogen-bond donors (Lipinski definition) is 0. The molecule has 0 fully saturated rings. The molecule has 1 heterocycles. The Morgan fingerprint density at radius 3 is 2.22 bits per heavy atom. The minimum Gasteiger partial charge on any atom is -0.422 e. The van der Waals surface area contributed by atoms with E-state index in [9.17, 15) is 4.79 Å². The van der Waals surface area contributed by atoms with E-state index >= 15 is 0 Å². The fraction of sp³-hybridized carbons (Fsp3) is 0.400. The van der Waals surface area contributed by atoms with Gasteiger partial charge in [-0.1, -0.05) is 47.1 Å². The van der Waals surface area contributed by atoms with E-state index in [-0.39, 0.29) is 5.63 Å². The first-order chi connectivity index (χ1) is 12.9. The second-order valence-electron chi connectivity index (χ2n) is 7.70. The summed E-state index contributed by atoms with van der Waals surface area (Å²) >= 11 is 0. The largest absolute Gasteiger partial charge is 0.422 e. The van der Waals surface area contributed by atoms with Crippen LogP contribution in [0.3, 0.4) is 0 Å². The average Bonchev–Trinajstić information content (AvgIpc) is 2.60. The molecule has 0 amide bonds. The zero-order valence-corrected chi connectivity index (χ0v) is 17.4. The summed E-state index contributed by atoms with van der Waals surface area (Å²) < 4.78 is 5.47. The van der Waals surface area contributed by atoms with Crippen molar-refractivity contribution < 1.29 is 4.42 Å². The highest BCUT2D eigenvalue weighted by molar-refractivity contribution is 5.81. The Morgan fingerprint density at radius 1 is 0.889 bits per heavy atom. The Kier molecular flexibility index (Phi) is 7.84. The molecule has 144 valence electrons. The zero-order chi connectivity index (χ0) is 19.8. The van der Waals surface area contributed by atoms with E-state index in [1.54, 1.807) is 0 Å². The third-order valence-electron chi connectivity index (χ3n) is 4.90. The van der Waals surface area contributed by atoms with E-state index in [1.165, 1.54) is 22.8 Å². The van der Waals surface area contributed by atoms with Gasteiger partial charge in [0, 0.05) is 17.0 Å². The number of hydrogen-bond acceptors (Lipinski definition) is 2. The summed E-state index contributed by atoms with van der Waals surface area (Å²) in [4.78, 5) is 11.6. The zero-order valence-electron chi connectivity index (χ0n) is 17.4. The molecule has 0 atom stereocenters. The van der Waals surface area contributed by atoms with Gasteiger partial charge in [0.25, 0.3) is 0 Å². The maximum Gasteiger partial charge on any atom is 0.336 e. The fourth-order valence-corrected chi connectivity index (χ4v) is 3.16. The normalized spacial score (nSPS) is 12.5. The molecule has 0 spiro atoms. The van der Waals surface area contributed by atoms with Crippen molar-refractivity contribution in [3.63, 3.8) is 0 Å². The number of rotatable bonds is 8. The standard InChI is InChI=1S/C25H32O2/c1-18(2)8-6-9-19(3)10-7-11-20(4)12-16-23-21(5)13-14-22-15-17-24(26)27-25(22)23/h8,10,12-15,17H,6-7,9,11,16H2,1-5H3/b19-10-,20-12-. The van der Waals surface area contributed by atoms with Gasteiger partial charge in [-0.2, -0.15) is 0 Å². The maximum atomic E-state index is 11.6. The topological polar surface area (TPSA) is 30.2 Å². The minimum atomic E-state index is -0.288. The number of fused-ring (bicyclic) bond motifs is 1. The van der Waals surface area contributed by atoms with E-state index in [0.29, 0.717) is 0 Å². The van der Waals surface area contributed by atoms with Gasteiger partial charge in [0.15, 0.2) is 0 Å². The first-order valence-corrected chi connectivity index (χ1v) is 9.84. The fourth-order valence-electron chi connectivity index (χ4n) is 3.16. The van der Waals surface area contributed by atoms with Crippen molar-refractivity contribution in [3.05, 3.63) is 80.8 Å². The Hall–Kier alpha value is -2.35. The SMILES string of the molecule is CC(C)=CCC/C(C)=C\CC/C(C)=C\Cc1c(C)ccc2ccc(=O)oc12. The Bertz CT molecular complexity index is 919. The molecular formula is C25H32O2. The third-order valence-corrected chi connectivity index (χ3v) is 4.90. The molecule has 2 nitrogen and oxygen atoms in total. The van der Waals surface area contributed by atoms with Crippen LogP contribution >= 0.6 is 0 Å². The summed E-state index contributed by atoms with van der Waals surface area (Å²) in [5.74, 6) is 0. The van der Waals surface area contributed by atoms with Crippen LogP contribution in [-0.2, 0) is 6.42 Å². The highest BCUT2D eigenvalue weighted by Crippen LogP contribution is 2.22. The van der Waals surface area contributed by atoms with Crippen molar-refractivity contribution in [3.8, 4) is 0 Å². The van der Waals surface area contributed by atoms with Crippen LogP contribution in [0.15, 0.2) is 68.4 Å². The van der Waals surface area contributed by atoms with Crippen LogP contribution in [0.1, 0.15) is 64.5 Å². The van der Waals surface area contributed by atoms with Gasteiger partial charge in [-0.05, 0) is 78.4 Å². The van der Waals surface area contributed by atoms with E-state index in [2.05, 4.69) is 58.9 Å². The second kappa shape index (κ2) is 10.1. The average molecular weight is 365 g/mol. The van der Waals surface area contributed by atoms with Gasteiger partial charge in [0.2, 0.25) is 0 Å². The van der Waals surface area contributed by atoms with Gasteiger partial charge in [0.1, 0.15) is 5.58 Å². The van der Waals surface area contributed by atoms with Gasteiger partial charge in [0.05, 0.1) is 0 Å². The van der Waals surface area contributed by atoms with Crippen LogP contribution in [0.5, 0.6) is 0 Å². The van der Waals surface area contributed by atoms with Crippen LogP contribution in [-0.4, -0.2) is 0 Å². The van der Waals surface area contributed by atoms with Crippen LogP contribution in [0.25, 0.3) is 11.0 Å². The summed E-state index contributed by atoms with van der Waals surface area (Å²) in [5, 5.41) is 0.983. The van der Waals surface area contributed by atoms with Crippen LogP contribution < -0.4 is 5.63 Å². The van der Waals surface area contributed by atoms with Crippen molar-refractivity contribution in [2.75, 3.05) is 0 Å². The summed E-state index contributed by atoms with van der Waals surface area (Å²) in [6.07, 6.45) is 12.1. The van der Waals surface area contributed by atoms with Crippen molar-refractivity contribution in [2.45, 2.75) is 66.7 Å². The second-order valence-corrected chi connectivity index (χ2v) is 7.70. The number of allylic oxidation sites excluding steroid dienone is 6. The molecule has 0 bridgehead atoms. The van der Waals surface area contributed by atoms with Gasteiger partial charge >= 0.3 is 5.63 Å². The van der Waals surface area contributed by atoms with Crippen molar-refractivity contribution >= 4 is 11.0 Å². The monoisotopic (exact) mass is 364 g/mol. The summed E-state index contributed by atoms with van der Waals surface area (Å²) in [6.45, 7) is 10.8. The Morgan fingerprint density at radius 2 is 1.52 bits per heavy atom. The lowest BCUT2D eigenvalue weighted by atomic mass is 10.00. The first-order valence-electron chi connectivity index (χ1n) is 9.84. The highest BCUT2D eigenvalue weighted by Gasteiger charge is 2.07. The predicted octanol–water partition coefficient (Wildman–Crippen LogP) is 7.06. The molecule has 0 aliphatic carbocycles. The number of aryl methyl sites for hydroxylation is 1. The Labute approximate surface area is 163 Å². The lowest BCUT2D eigenvalue weighted by Crippen LogP contribution is -1.98. The summed E-state index contributed by atoms with van der Waals surface area (Å²) in [7, 11) is 0. The van der Waals surface area contributed by atoms with E-state index in [0.717, 1.165) is 54.2 Å². The lowest BCUT2D eigenvalue weighted by Gasteiger charge is -2.07. The molecule has 2 rings (SSSR count). The molecule has 0 aliphatic heterocycles. The number of benzene rings is 1. The molecule has 2 aromatic rings. The van der Waals surface area contributed by atoms with Crippen LogP contribution in [0, 0.1) is 6.92 Å². The van der Waals surface area contributed by atoms with E-state index < -0.39 is 0 Å².